The minimum absolute atomic E-state index is 0.00188. The van der Waals surface area contributed by atoms with Crippen LogP contribution in [-0.2, 0) is 4.79 Å². The van der Waals surface area contributed by atoms with E-state index in [-0.39, 0.29) is 16.8 Å². The number of aromatic nitrogens is 2. The number of amides is 1. The lowest BCUT2D eigenvalue weighted by atomic mass is 9.95. The molecule has 7 heteroatoms. The van der Waals surface area contributed by atoms with Crippen LogP contribution < -0.4 is 10.2 Å². The molecule has 1 aromatic heterocycles. The molecule has 1 saturated heterocycles. The summed E-state index contributed by atoms with van der Waals surface area (Å²) in [5.41, 5.74) is 3.16. The molecule has 0 aliphatic carbocycles. The summed E-state index contributed by atoms with van der Waals surface area (Å²) in [4.78, 5) is 24.2. The predicted octanol–water partition coefficient (Wildman–Crippen LogP) is 4.59. The van der Waals surface area contributed by atoms with Crippen molar-refractivity contribution in [1.82, 2.24) is 9.97 Å². The average molecular weight is 399 g/mol. The monoisotopic (exact) mass is 398 g/mol. The highest BCUT2D eigenvalue weighted by Gasteiger charge is 2.27. The maximum atomic E-state index is 13.3. The number of hydrogen-bond acceptors (Lipinski definition) is 4. The first-order valence-electron chi connectivity index (χ1n) is 9.25. The van der Waals surface area contributed by atoms with Gasteiger partial charge in [-0.3, -0.25) is 4.79 Å². The maximum Gasteiger partial charge on any atom is 0.227 e. The van der Waals surface area contributed by atoms with E-state index in [1.54, 1.807) is 0 Å². The van der Waals surface area contributed by atoms with Crippen molar-refractivity contribution in [3.8, 4) is 0 Å². The van der Waals surface area contributed by atoms with Crippen molar-refractivity contribution in [3.63, 3.8) is 0 Å². The summed E-state index contributed by atoms with van der Waals surface area (Å²) in [5, 5.41) is 2.83. The predicted molar refractivity (Wildman–Crippen MR) is 109 cm³/mol. The molecule has 0 unspecified atom stereocenters. The van der Waals surface area contributed by atoms with E-state index >= 15 is 0 Å². The van der Waals surface area contributed by atoms with Gasteiger partial charge in [-0.1, -0.05) is 23.7 Å². The Hall–Kier alpha value is -2.73. The first-order chi connectivity index (χ1) is 13.5. The minimum atomic E-state index is -0.500. The molecule has 0 spiro atoms. The first-order valence-corrected chi connectivity index (χ1v) is 9.63. The first kappa shape index (κ1) is 18.6. The van der Waals surface area contributed by atoms with Gasteiger partial charge in [0.2, 0.25) is 5.91 Å². The van der Waals surface area contributed by atoms with Crippen LogP contribution in [0, 0.1) is 18.7 Å². The summed E-state index contributed by atoms with van der Waals surface area (Å²) >= 11 is 5.78. The summed E-state index contributed by atoms with van der Waals surface area (Å²) in [7, 11) is 0. The van der Waals surface area contributed by atoms with E-state index < -0.39 is 5.82 Å². The normalized spacial score (nSPS) is 15.0. The van der Waals surface area contributed by atoms with Gasteiger partial charge in [0.15, 0.2) is 5.82 Å². The van der Waals surface area contributed by atoms with E-state index in [1.165, 1.54) is 18.2 Å². The van der Waals surface area contributed by atoms with Gasteiger partial charge in [0.1, 0.15) is 5.82 Å². The van der Waals surface area contributed by atoms with E-state index in [0.717, 1.165) is 35.6 Å². The summed E-state index contributed by atoms with van der Waals surface area (Å²) in [6, 6.07) is 12.0. The molecule has 1 N–H and O–H groups in total. The highest BCUT2D eigenvalue weighted by molar-refractivity contribution is 6.31. The van der Waals surface area contributed by atoms with Crippen LogP contribution in [-0.4, -0.2) is 29.0 Å². The van der Waals surface area contributed by atoms with Crippen LogP contribution in [0.25, 0.3) is 11.0 Å². The molecular formula is C21H20ClFN4O. The zero-order valence-corrected chi connectivity index (χ0v) is 16.2. The van der Waals surface area contributed by atoms with Crippen LogP contribution in [0.15, 0.2) is 42.5 Å². The smallest absolute Gasteiger partial charge is 0.227 e. The Morgan fingerprint density at radius 2 is 1.82 bits per heavy atom. The summed E-state index contributed by atoms with van der Waals surface area (Å²) in [6.07, 6.45) is 1.43. The number of fused-ring (bicyclic) bond motifs is 1. The molecule has 1 amide bonds. The van der Waals surface area contributed by atoms with Gasteiger partial charge < -0.3 is 10.2 Å². The molecular weight excluding hydrogens is 379 g/mol. The number of aryl methyl sites for hydroxylation is 1. The number of piperidine rings is 1. The number of carbonyl (C=O) groups excluding carboxylic acids is 1. The number of nitrogens with one attached hydrogen (secondary N) is 1. The highest BCUT2D eigenvalue weighted by Crippen LogP contribution is 2.27. The fourth-order valence-electron chi connectivity index (χ4n) is 3.55. The second-order valence-corrected chi connectivity index (χ2v) is 7.41. The lowest BCUT2D eigenvalue weighted by Gasteiger charge is -2.32. The van der Waals surface area contributed by atoms with E-state index in [0.29, 0.717) is 18.5 Å². The zero-order valence-electron chi connectivity index (χ0n) is 15.5. The van der Waals surface area contributed by atoms with Crippen molar-refractivity contribution in [2.24, 2.45) is 5.92 Å². The third-order valence-corrected chi connectivity index (χ3v) is 5.36. The summed E-state index contributed by atoms with van der Waals surface area (Å²) in [6.45, 7) is 3.43. The van der Waals surface area contributed by atoms with Crippen molar-refractivity contribution in [1.29, 1.82) is 0 Å². The Morgan fingerprint density at radius 1 is 1.14 bits per heavy atom. The number of halogens is 2. The molecule has 144 valence electrons. The fraction of sp³-hybridized carbons (Fsp3) is 0.286. The fourth-order valence-corrected chi connectivity index (χ4v) is 3.73. The van der Waals surface area contributed by atoms with Crippen LogP contribution in [0.5, 0.6) is 0 Å². The van der Waals surface area contributed by atoms with Crippen LogP contribution in [0.4, 0.5) is 15.9 Å². The van der Waals surface area contributed by atoms with Crippen molar-refractivity contribution in [3.05, 3.63) is 59.0 Å². The van der Waals surface area contributed by atoms with Gasteiger partial charge >= 0.3 is 0 Å². The third-order valence-electron chi connectivity index (χ3n) is 5.07. The van der Waals surface area contributed by atoms with Crippen molar-refractivity contribution >= 4 is 40.0 Å². The largest absolute Gasteiger partial charge is 0.355 e. The van der Waals surface area contributed by atoms with Gasteiger partial charge in [0.05, 0.1) is 21.7 Å². The lowest BCUT2D eigenvalue weighted by molar-refractivity contribution is -0.120. The molecule has 0 atom stereocenters. The Bertz CT molecular complexity index is 1030. The minimum Gasteiger partial charge on any atom is -0.355 e. The van der Waals surface area contributed by atoms with Gasteiger partial charge in [-0.2, -0.15) is 0 Å². The molecule has 3 aromatic rings. The van der Waals surface area contributed by atoms with Gasteiger partial charge in [0.25, 0.3) is 0 Å². The Labute approximate surface area is 167 Å². The zero-order chi connectivity index (χ0) is 19.7. The molecule has 0 bridgehead atoms. The molecule has 2 heterocycles. The summed E-state index contributed by atoms with van der Waals surface area (Å²) < 4.78 is 13.3. The second kappa shape index (κ2) is 7.72. The van der Waals surface area contributed by atoms with Gasteiger partial charge in [-0.05, 0) is 50.1 Å². The van der Waals surface area contributed by atoms with Gasteiger partial charge in [-0.25, -0.2) is 14.4 Å². The average Bonchev–Trinajstić information content (AvgIpc) is 2.70. The number of carbonyl (C=O) groups is 1. The van der Waals surface area contributed by atoms with Crippen LogP contribution >= 0.6 is 11.6 Å². The van der Waals surface area contributed by atoms with Gasteiger partial charge in [-0.15, -0.1) is 0 Å². The SMILES string of the molecule is Cc1nc2ccccc2nc1N1CCC(C(=O)Nc2ccc(F)c(Cl)c2)CC1. The number of rotatable bonds is 3. The standard InChI is InChI=1S/C21H20ClFN4O/c1-13-20(26-19-5-3-2-4-18(19)24-13)27-10-8-14(9-11-27)21(28)25-15-6-7-17(23)16(22)12-15/h2-7,12,14H,8-11H2,1H3,(H,25,28). The lowest BCUT2D eigenvalue weighted by Crippen LogP contribution is -2.39. The molecule has 1 aliphatic rings. The van der Waals surface area contributed by atoms with E-state index in [2.05, 4.69) is 15.2 Å². The molecule has 0 radical (unpaired) electrons. The third kappa shape index (κ3) is 3.78. The molecule has 1 fully saturated rings. The topological polar surface area (TPSA) is 58.1 Å². The number of benzene rings is 2. The number of nitrogens with zero attached hydrogens (tertiary/aromatic N) is 3. The van der Waals surface area contributed by atoms with Crippen LogP contribution in [0.3, 0.4) is 0 Å². The van der Waals surface area contributed by atoms with Gasteiger partial charge in [0, 0.05) is 24.7 Å². The van der Waals surface area contributed by atoms with E-state index in [4.69, 9.17) is 16.6 Å². The Kier molecular flexibility index (Phi) is 5.13. The van der Waals surface area contributed by atoms with Crippen LogP contribution in [0.2, 0.25) is 5.02 Å². The Balaban J connectivity index is 1.42. The molecule has 4 rings (SSSR count). The van der Waals surface area contributed by atoms with Crippen molar-refractivity contribution in [2.45, 2.75) is 19.8 Å². The Morgan fingerprint density at radius 3 is 2.50 bits per heavy atom. The maximum absolute atomic E-state index is 13.3. The summed E-state index contributed by atoms with van der Waals surface area (Å²) in [5.74, 6) is 0.208. The number of anilines is 2. The quantitative estimate of drug-likeness (QED) is 0.701. The molecule has 1 aliphatic heterocycles. The molecule has 5 nitrogen and oxygen atoms in total. The molecule has 0 saturated carbocycles. The second-order valence-electron chi connectivity index (χ2n) is 7.00. The number of hydrogen-bond donors (Lipinski definition) is 1. The van der Waals surface area contributed by atoms with Crippen molar-refractivity contribution < 1.29 is 9.18 Å². The van der Waals surface area contributed by atoms with Crippen LogP contribution in [0.1, 0.15) is 18.5 Å². The number of para-hydroxylation sites is 2. The van der Waals surface area contributed by atoms with Crippen molar-refractivity contribution in [2.75, 3.05) is 23.3 Å². The molecule has 2 aromatic carbocycles. The van der Waals surface area contributed by atoms with E-state index in [9.17, 15) is 9.18 Å². The van der Waals surface area contributed by atoms with E-state index in [1.807, 2.05) is 31.2 Å². The highest BCUT2D eigenvalue weighted by atomic mass is 35.5. The molecule has 28 heavy (non-hydrogen) atoms.